The lowest BCUT2D eigenvalue weighted by molar-refractivity contribution is 0.190. The molecule has 0 radical (unpaired) electrons. The SMILES string of the molecule is CCCCCCCCCCc1ccc(-c2noc(C[C@H](C)NC(=O)O)n2)cc1. The summed E-state index contributed by atoms with van der Waals surface area (Å²) in [6.45, 7) is 4.02. The van der Waals surface area contributed by atoms with Gasteiger partial charge in [-0.25, -0.2) is 4.79 Å². The Hall–Kier alpha value is -2.37. The maximum atomic E-state index is 10.6. The first kappa shape index (κ1) is 21.9. The van der Waals surface area contributed by atoms with Gasteiger partial charge in [0.2, 0.25) is 11.7 Å². The van der Waals surface area contributed by atoms with Crippen LogP contribution in [0.2, 0.25) is 0 Å². The third-order valence-corrected chi connectivity index (χ3v) is 4.85. The molecule has 2 rings (SSSR count). The molecule has 0 unspecified atom stereocenters. The molecule has 0 saturated carbocycles. The topological polar surface area (TPSA) is 88.2 Å². The third-order valence-electron chi connectivity index (χ3n) is 4.85. The Labute approximate surface area is 167 Å². The summed E-state index contributed by atoms with van der Waals surface area (Å²) < 4.78 is 5.23. The zero-order valence-electron chi connectivity index (χ0n) is 17.1. The molecule has 0 aliphatic rings. The molecule has 28 heavy (non-hydrogen) atoms. The Kier molecular flexibility index (Phi) is 9.52. The molecule has 0 spiro atoms. The van der Waals surface area contributed by atoms with Crippen molar-refractivity contribution in [1.29, 1.82) is 0 Å². The van der Waals surface area contributed by atoms with E-state index in [9.17, 15) is 4.79 Å². The largest absolute Gasteiger partial charge is 0.465 e. The van der Waals surface area contributed by atoms with Crippen molar-refractivity contribution >= 4 is 6.09 Å². The maximum Gasteiger partial charge on any atom is 0.404 e. The van der Waals surface area contributed by atoms with E-state index in [0.29, 0.717) is 18.1 Å². The Morgan fingerprint density at radius 2 is 1.71 bits per heavy atom. The van der Waals surface area contributed by atoms with Gasteiger partial charge in [0.1, 0.15) is 0 Å². The van der Waals surface area contributed by atoms with Gasteiger partial charge in [0.25, 0.3) is 0 Å². The third kappa shape index (κ3) is 8.11. The molecule has 6 heteroatoms. The second kappa shape index (κ2) is 12.2. The minimum Gasteiger partial charge on any atom is -0.465 e. The molecular formula is C22H33N3O3. The van der Waals surface area contributed by atoms with Crippen molar-refractivity contribution in [2.75, 3.05) is 0 Å². The molecule has 6 nitrogen and oxygen atoms in total. The van der Waals surface area contributed by atoms with Crippen LogP contribution in [0.1, 0.15) is 76.7 Å². The highest BCUT2D eigenvalue weighted by atomic mass is 16.5. The van der Waals surface area contributed by atoms with E-state index in [1.165, 1.54) is 56.9 Å². The number of amides is 1. The molecule has 154 valence electrons. The number of carboxylic acid groups (broad SMARTS) is 1. The van der Waals surface area contributed by atoms with Gasteiger partial charge in [-0.05, 0) is 25.3 Å². The van der Waals surface area contributed by atoms with Crippen molar-refractivity contribution in [3.8, 4) is 11.4 Å². The molecule has 0 aliphatic carbocycles. The van der Waals surface area contributed by atoms with Gasteiger partial charge in [-0.2, -0.15) is 4.98 Å². The minimum absolute atomic E-state index is 0.278. The minimum atomic E-state index is -1.06. The predicted molar refractivity (Wildman–Crippen MR) is 110 cm³/mol. The summed E-state index contributed by atoms with van der Waals surface area (Å²) in [6.07, 6.45) is 11.1. The summed E-state index contributed by atoms with van der Waals surface area (Å²) in [7, 11) is 0. The van der Waals surface area contributed by atoms with Gasteiger partial charge in [-0.3, -0.25) is 0 Å². The molecule has 1 aromatic heterocycles. The van der Waals surface area contributed by atoms with Crippen LogP contribution in [0, 0.1) is 0 Å². The van der Waals surface area contributed by atoms with E-state index < -0.39 is 6.09 Å². The van der Waals surface area contributed by atoms with Crippen LogP contribution in [0.15, 0.2) is 28.8 Å². The number of nitrogens with zero attached hydrogens (tertiary/aromatic N) is 2. The Bertz CT molecular complexity index is 697. The maximum absolute atomic E-state index is 10.6. The fourth-order valence-electron chi connectivity index (χ4n) is 3.26. The highest BCUT2D eigenvalue weighted by Crippen LogP contribution is 2.18. The van der Waals surface area contributed by atoms with Crippen molar-refractivity contribution in [1.82, 2.24) is 15.5 Å². The summed E-state index contributed by atoms with van der Waals surface area (Å²) in [6, 6.07) is 8.02. The number of hydrogen-bond donors (Lipinski definition) is 2. The van der Waals surface area contributed by atoms with E-state index >= 15 is 0 Å². The van der Waals surface area contributed by atoms with Crippen molar-refractivity contribution in [2.45, 2.75) is 84.1 Å². The Balaban J connectivity index is 1.73. The smallest absolute Gasteiger partial charge is 0.404 e. The van der Waals surface area contributed by atoms with E-state index in [2.05, 4.69) is 34.5 Å². The zero-order valence-corrected chi connectivity index (χ0v) is 17.1. The summed E-state index contributed by atoms with van der Waals surface area (Å²) >= 11 is 0. The molecule has 2 N–H and O–H groups in total. The van der Waals surface area contributed by atoms with Crippen LogP contribution >= 0.6 is 0 Å². The quantitative estimate of drug-likeness (QED) is 0.436. The number of benzene rings is 1. The molecule has 2 aromatic rings. The first-order chi connectivity index (χ1) is 13.6. The molecule has 0 aliphatic heterocycles. The van der Waals surface area contributed by atoms with E-state index in [0.717, 1.165) is 12.0 Å². The summed E-state index contributed by atoms with van der Waals surface area (Å²) in [4.78, 5) is 15.0. The molecule has 0 bridgehead atoms. The number of hydrogen-bond acceptors (Lipinski definition) is 4. The van der Waals surface area contributed by atoms with Crippen LogP contribution in [0.4, 0.5) is 4.79 Å². The van der Waals surface area contributed by atoms with Gasteiger partial charge in [0.15, 0.2) is 0 Å². The Morgan fingerprint density at radius 3 is 2.36 bits per heavy atom. The average molecular weight is 388 g/mol. The zero-order chi connectivity index (χ0) is 20.2. The second-order valence-corrected chi connectivity index (χ2v) is 7.49. The standard InChI is InChI=1S/C22H33N3O3/c1-3-4-5-6-7-8-9-10-11-18-12-14-19(15-13-18)21-24-20(28-25-21)16-17(2)23-22(26)27/h12-15,17,23H,3-11,16H2,1-2H3,(H,26,27)/t17-/m0/s1. The molecule has 0 fully saturated rings. The van der Waals surface area contributed by atoms with Gasteiger partial charge in [-0.1, -0.05) is 81.3 Å². The van der Waals surface area contributed by atoms with Gasteiger partial charge < -0.3 is 14.9 Å². The van der Waals surface area contributed by atoms with Gasteiger partial charge in [0, 0.05) is 18.0 Å². The monoisotopic (exact) mass is 387 g/mol. The van der Waals surface area contributed by atoms with Crippen LogP contribution in [-0.2, 0) is 12.8 Å². The number of nitrogens with one attached hydrogen (secondary N) is 1. The Morgan fingerprint density at radius 1 is 1.07 bits per heavy atom. The number of aromatic nitrogens is 2. The fourth-order valence-corrected chi connectivity index (χ4v) is 3.26. The van der Waals surface area contributed by atoms with Gasteiger partial charge in [0.05, 0.1) is 0 Å². The van der Waals surface area contributed by atoms with E-state index in [-0.39, 0.29) is 6.04 Å². The lowest BCUT2D eigenvalue weighted by atomic mass is 10.0. The first-order valence-corrected chi connectivity index (χ1v) is 10.5. The van der Waals surface area contributed by atoms with E-state index in [1.807, 2.05) is 12.1 Å². The molecular weight excluding hydrogens is 354 g/mol. The van der Waals surface area contributed by atoms with Crippen LogP contribution in [0.3, 0.4) is 0 Å². The van der Waals surface area contributed by atoms with Crippen molar-refractivity contribution in [3.05, 3.63) is 35.7 Å². The first-order valence-electron chi connectivity index (χ1n) is 10.5. The highest BCUT2D eigenvalue weighted by molar-refractivity contribution is 5.64. The summed E-state index contributed by atoms with van der Waals surface area (Å²) in [5, 5.41) is 15.1. The van der Waals surface area contributed by atoms with Crippen molar-refractivity contribution in [3.63, 3.8) is 0 Å². The molecule has 1 aromatic carbocycles. The number of carbonyl (C=O) groups is 1. The normalized spacial score (nSPS) is 12.1. The number of rotatable bonds is 13. The molecule has 0 saturated heterocycles. The number of unbranched alkanes of at least 4 members (excludes halogenated alkanes) is 7. The lowest BCUT2D eigenvalue weighted by Crippen LogP contribution is -2.32. The van der Waals surface area contributed by atoms with Crippen LogP contribution in [0.25, 0.3) is 11.4 Å². The molecule has 1 atom stereocenters. The fraction of sp³-hybridized carbons (Fsp3) is 0.591. The summed E-state index contributed by atoms with van der Waals surface area (Å²) in [5.74, 6) is 0.968. The number of aryl methyl sites for hydroxylation is 1. The summed E-state index contributed by atoms with van der Waals surface area (Å²) in [5.41, 5.74) is 2.24. The lowest BCUT2D eigenvalue weighted by Gasteiger charge is -2.07. The van der Waals surface area contributed by atoms with Gasteiger partial charge >= 0.3 is 6.09 Å². The highest BCUT2D eigenvalue weighted by Gasteiger charge is 2.13. The van der Waals surface area contributed by atoms with Crippen LogP contribution in [0.5, 0.6) is 0 Å². The van der Waals surface area contributed by atoms with Gasteiger partial charge in [-0.15, -0.1) is 0 Å². The second-order valence-electron chi connectivity index (χ2n) is 7.49. The predicted octanol–water partition coefficient (Wildman–Crippen LogP) is 5.62. The van der Waals surface area contributed by atoms with Crippen molar-refractivity contribution in [2.24, 2.45) is 0 Å². The molecule has 1 amide bonds. The average Bonchev–Trinajstić information content (AvgIpc) is 3.12. The van der Waals surface area contributed by atoms with E-state index in [1.54, 1.807) is 6.92 Å². The van der Waals surface area contributed by atoms with E-state index in [4.69, 9.17) is 9.63 Å². The van der Waals surface area contributed by atoms with Crippen LogP contribution in [-0.4, -0.2) is 27.4 Å². The molecule has 1 heterocycles. The van der Waals surface area contributed by atoms with Crippen molar-refractivity contribution < 1.29 is 14.4 Å². The van der Waals surface area contributed by atoms with Crippen LogP contribution < -0.4 is 5.32 Å².